The highest BCUT2D eigenvalue weighted by molar-refractivity contribution is 7.89. The number of aryl methyl sites for hydroxylation is 1. The number of sulfonamides is 1. The molecule has 3 N–H and O–H groups in total. The topological polar surface area (TPSA) is 103 Å². The summed E-state index contributed by atoms with van der Waals surface area (Å²) in [5.41, 5.74) is 4.82. The molecule has 0 fully saturated rings. The molecule has 1 aromatic carbocycles. The molecule has 2 rings (SSSR count). The Labute approximate surface area is 119 Å². The average Bonchev–Trinajstić information content (AvgIpc) is 2.79. The quantitative estimate of drug-likeness (QED) is 0.809. The molecule has 2 aromatic rings. The Balaban J connectivity index is 2.35. The van der Waals surface area contributed by atoms with E-state index in [2.05, 4.69) is 14.9 Å². The molecule has 1 unspecified atom stereocenters. The maximum absolute atomic E-state index is 13.7. The molecular weight excluding hydrogens is 304 g/mol. The summed E-state index contributed by atoms with van der Waals surface area (Å²) in [6.45, 7) is 1.52. The Morgan fingerprint density at radius 3 is 2.57 bits per heavy atom. The van der Waals surface area contributed by atoms with Crippen LogP contribution in [0.15, 0.2) is 23.4 Å². The van der Waals surface area contributed by atoms with Gasteiger partial charge in [-0.25, -0.2) is 21.9 Å². The number of halogens is 2. The molecule has 0 saturated heterocycles. The Morgan fingerprint density at radius 2 is 2.00 bits per heavy atom. The summed E-state index contributed by atoms with van der Waals surface area (Å²) >= 11 is 0. The summed E-state index contributed by atoms with van der Waals surface area (Å²) in [4.78, 5) is -0.726. The molecule has 21 heavy (non-hydrogen) atoms. The van der Waals surface area contributed by atoms with Gasteiger partial charge in [0.05, 0.1) is 11.7 Å². The van der Waals surface area contributed by atoms with Gasteiger partial charge in [0.2, 0.25) is 10.0 Å². The predicted octanol–water partition coefficient (Wildman–Crippen LogP) is 0.715. The first-order chi connectivity index (χ1) is 9.72. The normalized spacial score (nSPS) is 13.3. The minimum Gasteiger partial charge on any atom is -0.396 e. The molecule has 0 aliphatic heterocycles. The number of rotatable bonds is 4. The zero-order chi connectivity index (χ0) is 15.8. The largest absolute Gasteiger partial charge is 0.396 e. The Hall–Kier alpha value is -2.07. The van der Waals surface area contributed by atoms with Crippen molar-refractivity contribution in [1.29, 1.82) is 0 Å². The van der Waals surface area contributed by atoms with Crippen LogP contribution in [0.25, 0.3) is 0 Å². The molecule has 1 aromatic heterocycles. The molecular formula is C11H13F2N5O2S. The first-order valence-corrected chi connectivity index (χ1v) is 7.31. The number of nitrogens with zero attached hydrogens (tertiary/aromatic N) is 3. The van der Waals surface area contributed by atoms with Crippen LogP contribution in [-0.4, -0.2) is 23.2 Å². The Bertz CT molecular complexity index is 775. The smallest absolute Gasteiger partial charge is 0.244 e. The highest BCUT2D eigenvalue weighted by Gasteiger charge is 2.25. The van der Waals surface area contributed by atoms with Crippen LogP contribution in [0.3, 0.4) is 0 Å². The van der Waals surface area contributed by atoms with Crippen molar-refractivity contribution in [3.8, 4) is 0 Å². The van der Waals surface area contributed by atoms with Gasteiger partial charge in [0.1, 0.15) is 28.7 Å². The molecule has 0 radical (unpaired) electrons. The van der Waals surface area contributed by atoms with Crippen LogP contribution in [0.5, 0.6) is 0 Å². The van der Waals surface area contributed by atoms with Gasteiger partial charge in [-0.1, -0.05) is 0 Å². The van der Waals surface area contributed by atoms with E-state index in [1.807, 2.05) is 0 Å². The first kappa shape index (κ1) is 15.3. The van der Waals surface area contributed by atoms with E-state index in [0.717, 1.165) is 6.07 Å². The third-order valence-electron chi connectivity index (χ3n) is 2.81. The van der Waals surface area contributed by atoms with Gasteiger partial charge in [-0.3, -0.25) is 0 Å². The number of hydrogen-bond acceptors (Lipinski definition) is 5. The van der Waals surface area contributed by atoms with Gasteiger partial charge < -0.3 is 10.3 Å². The van der Waals surface area contributed by atoms with Crippen molar-refractivity contribution in [2.45, 2.75) is 17.9 Å². The SMILES string of the molecule is CC(NS(=O)(=O)c1cc(N)c(F)cc1F)c1nncn1C. The molecule has 1 heterocycles. The molecule has 1 atom stereocenters. The van der Waals surface area contributed by atoms with E-state index in [4.69, 9.17) is 5.73 Å². The zero-order valence-electron chi connectivity index (χ0n) is 11.2. The number of nitrogens with two attached hydrogens (primary N) is 1. The standard InChI is InChI=1S/C11H13F2N5O2S/c1-6(11-16-15-5-18(11)2)17-21(19,20)10-4-9(14)7(12)3-8(10)13/h3-6,17H,14H2,1-2H3. The molecule has 0 bridgehead atoms. The lowest BCUT2D eigenvalue weighted by Crippen LogP contribution is -2.29. The van der Waals surface area contributed by atoms with Crippen molar-refractivity contribution in [3.05, 3.63) is 35.9 Å². The summed E-state index contributed by atoms with van der Waals surface area (Å²) in [5, 5.41) is 7.38. The highest BCUT2D eigenvalue weighted by Crippen LogP contribution is 2.22. The van der Waals surface area contributed by atoms with Crippen LogP contribution >= 0.6 is 0 Å². The molecule has 0 saturated carbocycles. The van der Waals surface area contributed by atoms with Crippen LogP contribution in [0.1, 0.15) is 18.8 Å². The fraction of sp³-hybridized carbons (Fsp3) is 0.273. The van der Waals surface area contributed by atoms with Crippen LogP contribution < -0.4 is 10.5 Å². The zero-order valence-corrected chi connectivity index (χ0v) is 12.0. The minimum absolute atomic E-state index is 0.342. The van der Waals surface area contributed by atoms with Crippen molar-refractivity contribution in [2.75, 3.05) is 5.73 Å². The van der Waals surface area contributed by atoms with Gasteiger partial charge in [0, 0.05) is 13.1 Å². The van der Waals surface area contributed by atoms with Crippen LogP contribution in [0, 0.1) is 11.6 Å². The van der Waals surface area contributed by atoms with Crippen molar-refractivity contribution in [3.63, 3.8) is 0 Å². The Kier molecular flexibility index (Phi) is 3.92. The molecule has 0 amide bonds. The van der Waals surface area contributed by atoms with Gasteiger partial charge >= 0.3 is 0 Å². The molecule has 0 spiro atoms. The lowest BCUT2D eigenvalue weighted by atomic mass is 10.3. The van der Waals surface area contributed by atoms with Gasteiger partial charge in [0.15, 0.2) is 0 Å². The highest BCUT2D eigenvalue weighted by atomic mass is 32.2. The predicted molar refractivity (Wildman–Crippen MR) is 70.5 cm³/mol. The van der Waals surface area contributed by atoms with Crippen molar-refractivity contribution >= 4 is 15.7 Å². The molecule has 7 nitrogen and oxygen atoms in total. The second-order valence-corrected chi connectivity index (χ2v) is 6.13. The van der Waals surface area contributed by atoms with E-state index >= 15 is 0 Å². The van der Waals surface area contributed by atoms with E-state index in [1.54, 1.807) is 7.05 Å². The fourth-order valence-corrected chi connectivity index (χ4v) is 3.08. The van der Waals surface area contributed by atoms with E-state index in [0.29, 0.717) is 11.9 Å². The van der Waals surface area contributed by atoms with E-state index < -0.39 is 38.3 Å². The van der Waals surface area contributed by atoms with E-state index in [-0.39, 0.29) is 0 Å². The third-order valence-corrected chi connectivity index (χ3v) is 4.36. The number of nitrogen functional groups attached to an aromatic ring is 1. The maximum atomic E-state index is 13.7. The van der Waals surface area contributed by atoms with Crippen molar-refractivity contribution < 1.29 is 17.2 Å². The van der Waals surface area contributed by atoms with Crippen LogP contribution in [0.2, 0.25) is 0 Å². The van der Waals surface area contributed by atoms with Gasteiger partial charge in [-0.05, 0) is 13.0 Å². The second kappa shape index (κ2) is 5.37. The number of anilines is 1. The molecule has 10 heteroatoms. The maximum Gasteiger partial charge on any atom is 0.244 e. The Morgan fingerprint density at radius 1 is 1.33 bits per heavy atom. The summed E-state index contributed by atoms with van der Waals surface area (Å²) in [6, 6.07) is 0.404. The fourth-order valence-electron chi connectivity index (χ4n) is 1.78. The number of aromatic nitrogens is 3. The average molecular weight is 317 g/mol. The van der Waals surface area contributed by atoms with Gasteiger partial charge in [-0.2, -0.15) is 0 Å². The lowest BCUT2D eigenvalue weighted by molar-refractivity contribution is 0.531. The van der Waals surface area contributed by atoms with E-state index in [9.17, 15) is 17.2 Å². The minimum atomic E-state index is -4.23. The number of benzene rings is 1. The second-order valence-electron chi connectivity index (χ2n) is 4.45. The van der Waals surface area contributed by atoms with Gasteiger partial charge in [0.25, 0.3) is 0 Å². The van der Waals surface area contributed by atoms with Crippen molar-refractivity contribution in [1.82, 2.24) is 19.5 Å². The van der Waals surface area contributed by atoms with E-state index in [1.165, 1.54) is 17.8 Å². The number of hydrogen-bond donors (Lipinski definition) is 2. The van der Waals surface area contributed by atoms with Crippen LogP contribution in [-0.2, 0) is 17.1 Å². The number of nitrogens with one attached hydrogen (secondary N) is 1. The summed E-state index contributed by atoms with van der Waals surface area (Å²) in [6.07, 6.45) is 1.40. The van der Waals surface area contributed by atoms with Gasteiger partial charge in [-0.15, -0.1) is 10.2 Å². The summed E-state index contributed by atoms with van der Waals surface area (Å²) in [5.74, 6) is -1.90. The molecule has 114 valence electrons. The molecule has 0 aliphatic rings. The summed E-state index contributed by atoms with van der Waals surface area (Å²) in [7, 11) is -2.59. The van der Waals surface area contributed by atoms with Crippen molar-refractivity contribution in [2.24, 2.45) is 7.05 Å². The van der Waals surface area contributed by atoms with Crippen LogP contribution in [0.4, 0.5) is 14.5 Å². The first-order valence-electron chi connectivity index (χ1n) is 5.83. The lowest BCUT2D eigenvalue weighted by Gasteiger charge is -2.14. The molecule has 0 aliphatic carbocycles. The monoisotopic (exact) mass is 317 g/mol. The third kappa shape index (κ3) is 3.00. The summed E-state index contributed by atoms with van der Waals surface area (Å²) < 4.78 is 54.8.